The van der Waals surface area contributed by atoms with Crippen LogP contribution in [0, 0.1) is 0 Å². The van der Waals surface area contributed by atoms with E-state index in [1.807, 2.05) is 0 Å². The molecule has 0 aromatic carbocycles. The highest BCUT2D eigenvalue weighted by molar-refractivity contribution is 5.69. The van der Waals surface area contributed by atoms with E-state index >= 15 is 0 Å². The lowest BCUT2D eigenvalue weighted by molar-refractivity contribution is -0.305. The molecule has 6 unspecified atom stereocenters. The molecule has 9 heteroatoms. The van der Waals surface area contributed by atoms with Crippen LogP contribution in [0.1, 0.15) is 219 Å². The molecule has 1 aliphatic heterocycles. The first-order chi connectivity index (χ1) is 27.4. The molecule has 9 nitrogen and oxygen atoms in total. The summed E-state index contributed by atoms with van der Waals surface area (Å²) < 4.78 is 22.9. The van der Waals surface area contributed by atoms with Crippen LogP contribution in [-0.4, -0.2) is 89.6 Å². The lowest BCUT2D eigenvalue weighted by Gasteiger charge is -2.39. The monoisotopic (exact) mass is 799 g/mol. The summed E-state index contributed by atoms with van der Waals surface area (Å²) in [7, 11) is 0. The summed E-state index contributed by atoms with van der Waals surface area (Å²) in [4.78, 5) is 12.8. The Morgan fingerprint density at radius 2 is 0.982 bits per heavy atom. The van der Waals surface area contributed by atoms with Gasteiger partial charge in [-0.15, -0.1) is 0 Å². The van der Waals surface area contributed by atoms with Gasteiger partial charge in [0.15, 0.2) is 6.29 Å². The number of carbonyl (C=O) groups excluding carboxylic acids is 1. The van der Waals surface area contributed by atoms with Crippen LogP contribution in [0.25, 0.3) is 0 Å². The van der Waals surface area contributed by atoms with Gasteiger partial charge < -0.3 is 39.4 Å². The summed E-state index contributed by atoms with van der Waals surface area (Å²) in [5, 5.41) is 40.1. The third-order valence-electron chi connectivity index (χ3n) is 11.2. The van der Waals surface area contributed by atoms with E-state index in [1.165, 1.54) is 167 Å². The first-order valence-electron chi connectivity index (χ1n) is 23.8. The Hall–Kier alpha value is -1.07. The molecule has 0 radical (unpaired) electrons. The highest BCUT2D eigenvalue weighted by atomic mass is 16.7. The van der Waals surface area contributed by atoms with Crippen molar-refractivity contribution in [2.75, 3.05) is 26.4 Å². The number of aliphatic hydroxyl groups excluding tert-OH is 4. The van der Waals surface area contributed by atoms with E-state index in [2.05, 4.69) is 26.0 Å². The van der Waals surface area contributed by atoms with Gasteiger partial charge in [0.1, 0.15) is 30.5 Å². The highest BCUT2D eigenvalue weighted by Crippen LogP contribution is 2.23. The van der Waals surface area contributed by atoms with Crippen LogP contribution in [0.5, 0.6) is 0 Å². The average Bonchev–Trinajstić information content (AvgIpc) is 3.20. The van der Waals surface area contributed by atoms with E-state index in [1.54, 1.807) is 0 Å². The van der Waals surface area contributed by atoms with Gasteiger partial charge in [-0.3, -0.25) is 4.79 Å². The Bertz CT molecular complexity index is 869. The van der Waals surface area contributed by atoms with Gasteiger partial charge in [-0.25, -0.2) is 0 Å². The maximum atomic E-state index is 12.8. The van der Waals surface area contributed by atoms with E-state index < -0.39 is 43.4 Å². The summed E-state index contributed by atoms with van der Waals surface area (Å²) in [5.41, 5.74) is 0. The number of allylic oxidation sites excluding steroid dienone is 2. The summed E-state index contributed by atoms with van der Waals surface area (Å²) in [5.74, 6) is -0.314. The van der Waals surface area contributed by atoms with Crippen molar-refractivity contribution in [3.63, 3.8) is 0 Å². The van der Waals surface area contributed by atoms with Crippen molar-refractivity contribution in [1.82, 2.24) is 0 Å². The van der Waals surface area contributed by atoms with E-state index in [4.69, 9.17) is 18.9 Å². The Kier molecular flexibility index (Phi) is 37.2. The SMILES string of the molecule is CCCCCCCC/C=C\CCCCCCCCCC(=O)OC(COCCCCCCCCCCCCCCCCCC)COC1OC(CO)C(O)C(O)C1O. The second-order valence-corrected chi connectivity index (χ2v) is 16.6. The summed E-state index contributed by atoms with van der Waals surface area (Å²) in [6, 6.07) is 0. The van der Waals surface area contributed by atoms with Gasteiger partial charge in [0.05, 0.1) is 19.8 Å². The van der Waals surface area contributed by atoms with Crippen LogP contribution in [0.4, 0.5) is 0 Å². The van der Waals surface area contributed by atoms with Crippen molar-refractivity contribution in [2.45, 2.75) is 256 Å². The second-order valence-electron chi connectivity index (χ2n) is 16.6. The molecular weight excluding hydrogens is 709 g/mol. The van der Waals surface area contributed by atoms with Crippen molar-refractivity contribution in [1.29, 1.82) is 0 Å². The Labute approximate surface area is 344 Å². The molecule has 0 saturated carbocycles. The molecule has 0 bridgehead atoms. The first kappa shape index (κ1) is 52.9. The Morgan fingerprint density at radius 1 is 0.554 bits per heavy atom. The quantitative estimate of drug-likeness (QED) is 0.0271. The largest absolute Gasteiger partial charge is 0.457 e. The molecule has 1 aliphatic rings. The molecule has 1 saturated heterocycles. The number of rotatable bonds is 41. The minimum Gasteiger partial charge on any atom is -0.457 e. The maximum Gasteiger partial charge on any atom is 0.306 e. The average molecular weight is 799 g/mol. The lowest BCUT2D eigenvalue weighted by Crippen LogP contribution is -2.59. The number of carbonyl (C=O) groups is 1. The number of esters is 1. The molecule has 1 rings (SSSR count). The standard InChI is InChI=1S/C47H90O9/c1-3-5-7-9-11-13-15-17-19-21-22-24-26-28-30-32-34-36-43(49)55-41(40-54-47-46(52)45(51)44(50)42(38-48)56-47)39-53-37-35-33-31-29-27-25-23-20-18-16-14-12-10-8-6-4-2/h17,19,41-42,44-48,50-52H,3-16,18,20-40H2,1-2H3/b19-17-. The molecule has 0 aromatic rings. The summed E-state index contributed by atoms with van der Waals surface area (Å²) in [6.07, 6.45) is 36.6. The Balaban J connectivity index is 2.23. The number of ether oxygens (including phenoxy) is 4. The minimum absolute atomic E-state index is 0.109. The normalized spacial score (nSPS) is 20.6. The number of aliphatic hydroxyl groups is 4. The molecule has 0 amide bonds. The molecular formula is C47H90O9. The van der Waals surface area contributed by atoms with Crippen LogP contribution in [-0.2, 0) is 23.7 Å². The molecule has 1 fully saturated rings. The Morgan fingerprint density at radius 3 is 1.45 bits per heavy atom. The fourth-order valence-electron chi connectivity index (χ4n) is 7.43. The molecule has 332 valence electrons. The van der Waals surface area contributed by atoms with Crippen LogP contribution in [0.3, 0.4) is 0 Å². The fraction of sp³-hybridized carbons (Fsp3) is 0.936. The van der Waals surface area contributed by atoms with Crippen LogP contribution < -0.4 is 0 Å². The van der Waals surface area contributed by atoms with Gasteiger partial charge in [0.2, 0.25) is 0 Å². The van der Waals surface area contributed by atoms with Crippen molar-refractivity contribution in [2.24, 2.45) is 0 Å². The zero-order chi connectivity index (χ0) is 40.7. The molecule has 0 aromatic heterocycles. The zero-order valence-corrected chi connectivity index (χ0v) is 36.4. The van der Waals surface area contributed by atoms with E-state index in [0.29, 0.717) is 13.0 Å². The molecule has 6 atom stereocenters. The molecule has 0 aliphatic carbocycles. The van der Waals surface area contributed by atoms with E-state index in [9.17, 15) is 25.2 Å². The third kappa shape index (κ3) is 30.0. The van der Waals surface area contributed by atoms with Crippen LogP contribution in [0.15, 0.2) is 12.2 Å². The van der Waals surface area contributed by atoms with Crippen LogP contribution >= 0.6 is 0 Å². The van der Waals surface area contributed by atoms with E-state index in [0.717, 1.165) is 32.1 Å². The van der Waals surface area contributed by atoms with Gasteiger partial charge >= 0.3 is 5.97 Å². The van der Waals surface area contributed by atoms with Crippen molar-refractivity contribution in [3.8, 4) is 0 Å². The summed E-state index contributed by atoms with van der Waals surface area (Å²) >= 11 is 0. The van der Waals surface area contributed by atoms with Gasteiger partial charge in [-0.2, -0.15) is 0 Å². The minimum atomic E-state index is -1.53. The topological polar surface area (TPSA) is 135 Å². The predicted molar refractivity (Wildman–Crippen MR) is 229 cm³/mol. The summed E-state index contributed by atoms with van der Waals surface area (Å²) in [6.45, 7) is 4.59. The van der Waals surface area contributed by atoms with Crippen molar-refractivity contribution in [3.05, 3.63) is 12.2 Å². The number of hydrogen-bond acceptors (Lipinski definition) is 9. The molecule has 56 heavy (non-hydrogen) atoms. The second kappa shape index (κ2) is 39.4. The predicted octanol–water partition coefficient (Wildman–Crippen LogP) is 10.8. The van der Waals surface area contributed by atoms with E-state index in [-0.39, 0.29) is 19.2 Å². The molecule has 1 heterocycles. The number of unbranched alkanes of at least 4 members (excludes halogenated alkanes) is 28. The highest BCUT2D eigenvalue weighted by Gasteiger charge is 2.44. The lowest BCUT2D eigenvalue weighted by atomic mass is 9.99. The fourth-order valence-corrected chi connectivity index (χ4v) is 7.43. The van der Waals surface area contributed by atoms with Gasteiger partial charge in [0.25, 0.3) is 0 Å². The third-order valence-corrected chi connectivity index (χ3v) is 11.2. The number of hydrogen-bond donors (Lipinski definition) is 4. The smallest absolute Gasteiger partial charge is 0.306 e. The molecule has 0 spiro atoms. The van der Waals surface area contributed by atoms with Crippen molar-refractivity contribution >= 4 is 5.97 Å². The van der Waals surface area contributed by atoms with Gasteiger partial charge in [0, 0.05) is 13.0 Å². The molecule has 4 N–H and O–H groups in total. The van der Waals surface area contributed by atoms with Crippen LogP contribution in [0.2, 0.25) is 0 Å². The van der Waals surface area contributed by atoms with Gasteiger partial charge in [-0.05, 0) is 38.5 Å². The maximum absolute atomic E-state index is 12.8. The van der Waals surface area contributed by atoms with Gasteiger partial charge in [-0.1, -0.05) is 187 Å². The van der Waals surface area contributed by atoms with Crippen molar-refractivity contribution < 1.29 is 44.2 Å². The first-order valence-corrected chi connectivity index (χ1v) is 23.8. The zero-order valence-electron chi connectivity index (χ0n) is 36.4.